The average molecular weight is 484 g/mol. The van der Waals surface area contributed by atoms with E-state index in [0.29, 0.717) is 10.5 Å². The second kappa shape index (κ2) is 18.2. The minimum atomic E-state index is -4.69. The Balaban J connectivity index is 0. The monoisotopic (exact) mass is 483 g/mol. The second-order valence-electron chi connectivity index (χ2n) is 5.81. The van der Waals surface area contributed by atoms with E-state index in [-0.39, 0.29) is 5.75 Å². The highest BCUT2D eigenvalue weighted by Gasteiger charge is 2.30. The molecule has 180 valence electrons. The molecule has 2 aromatic rings. The average Bonchev–Trinajstić information content (AvgIpc) is 3.22. The molecule has 33 heavy (non-hydrogen) atoms. The molecule has 0 aliphatic rings. The maximum Gasteiger partial charge on any atom is 0.573 e. The molecule has 0 atom stereocenters. The molecule has 0 aliphatic heterocycles. The summed E-state index contributed by atoms with van der Waals surface area (Å²) in [6, 6.07) is 7.18. The Morgan fingerprint density at radius 1 is 1.27 bits per heavy atom. The number of allylic oxidation sites excluding steroid dienone is 3. The molecule has 0 radical (unpaired) electrons. The first-order chi connectivity index (χ1) is 15.5. The number of carbonyl (C=O) groups excluding carboxylic acids is 1. The van der Waals surface area contributed by atoms with Crippen molar-refractivity contribution >= 4 is 23.6 Å². The third kappa shape index (κ3) is 16.9. The van der Waals surface area contributed by atoms with Gasteiger partial charge in [0, 0.05) is 5.57 Å². The smallest absolute Gasteiger partial charge is 0.478 e. The minimum Gasteiger partial charge on any atom is -0.478 e. The number of carbonyl (C=O) groups is 2. The number of thiophene rings is 1. The van der Waals surface area contributed by atoms with Crippen LogP contribution in [0.25, 0.3) is 11.1 Å². The number of terminal acetylenes is 1. The number of ether oxygens (including phenoxy) is 1. The van der Waals surface area contributed by atoms with E-state index in [1.165, 1.54) is 35.6 Å². The van der Waals surface area contributed by atoms with Crippen molar-refractivity contribution in [2.24, 2.45) is 5.73 Å². The first-order valence-electron chi connectivity index (χ1n) is 9.49. The van der Waals surface area contributed by atoms with Gasteiger partial charge >= 0.3 is 12.3 Å². The molecule has 2 rings (SSSR count). The Bertz CT molecular complexity index is 924. The number of carboxylic acid groups (broad SMARTS) is 1. The van der Waals surface area contributed by atoms with Crippen LogP contribution in [0.1, 0.15) is 37.4 Å². The number of nitrogens with two attached hydrogens (primary N) is 1. The molecule has 1 heterocycles. The Morgan fingerprint density at radius 2 is 1.79 bits per heavy atom. The number of aliphatic carboxylic acids is 1. The van der Waals surface area contributed by atoms with Gasteiger partial charge in [-0.15, -0.1) is 36.9 Å². The SMILES string of the molecule is C#CC.C/C=C\C=C(/C)C(=O)O.CCN.O=Cc1cc(-c2ccc(OC(F)(F)F)cc2)cs1. The van der Waals surface area contributed by atoms with Crippen LogP contribution >= 0.6 is 11.3 Å². The lowest BCUT2D eigenvalue weighted by molar-refractivity contribution is -0.274. The fourth-order valence-corrected chi connectivity index (χ4v) is 2.44. The van der Waals surface area contributed by atoms with Crippen molar-refractivity contribution in [2.45, 2.75) is 34.1 Å². The standard InChI is InChI=1S/C12H7F3O2S.C7H10O2.C3H4.C2H7N/c13-12(14,15)17-10-3-1-8(2-4-10)9-5-11(6-16)18-7-9;1-3-4-5-6(2)7(8)9;1-3-2;1-2-3/h1-7H;3-5H,1-2H3,(H,8,9);1H,2H3;2-3H2,1H3/b;4-3-,6-5+;;. The van der Waals surface area contributed by atoms with Crippen LogP contribution in [0.2, 0.25) is 0 Å². The number of hydrogen-bond donors (Lipinski definition) is 2. The second-order valence-corrected chi connectivity index (χ2v) is 6.75. The number of alkyl halides is 3. The van der Waals surface area contributed by atoms with E-state index >= 15 is 0 Å². The van der Waals surface area contributed by atoms with E-state index in [0.717, 1.165) is 24.0 Å². The molecule has 0 saturated heterocycles. The van der Waals surface area contributed by atoms with Gasteiger partial charge in [0.1, 0.15) is 5.75 Å². The molecule has 1 aromatic heterocycles. The third-order valence-electron chi connectivity index (χ3n) is 3.03. The van der Waals surface area contributed by atoms with E-state index in [1.54, 1.807) is 43.5 Å². The summed E-state index contributed by atoms with van der Waals surface area (Å²) in [6.45, 7) is 7.70. The van der Waals surface area contributed by atoms with Crippen LogP contribution in [0.5, 0.6) is 5.75 Å². The summed E-state index contributed by atoms with van der Waals surface area (Å²) < 4.78 is 39.6. The maximum absolute atomic E-state index is 12.0. The number of halogens is 3. The first kappa shape index (κ1) is 31.8. The molecule has 0 bridgehead atoms. The van der Waals surface area contributed by atoms with E-state index in [2.05, 4.69) is 17.1 Å². The van der Waals surface area contributed by atoms with Gasteiger partial charge in [0.05, 0.1) is 4.88 Å². The van der Waals surface area contributed by atoms with Crippen LogP contribution in [0.15, 0.2) is 59.5 Å². The van der Waals surface area contributed by atoms with Gasteiger partial charge in [-0.25, -0.2) is 4.79 Å². The third-order valence-corrected chi connectivity index (χ3v) is 3.89. The quantitative estimate of drug-likeness (QED) is 0.225. The summed E-state index contributed by atoms with van der Waals surface area (Å²) in [7, 11) is 0. The molecule has 0 saturated carbocycles. The van der Waals surface area contributed by atoms with E-state index in [1.807, 2.05) is 13.8 Å². The molecule has 0 unspecified atom stereocenters. The predicted octanol–water partition coefficient (Wildman–Crippen LogP) is 6.32. The van der Waals surface area contributed by atoms with Gasteiger partial charge in [0.15, 0.2) is 6.29 Å². The molecular formula is C24H28F3NO4S. The zero-order valence-corrected chi connectivity index (χ0v) is 19.7. The Kier molecular flexibility index (Phi) is 17.6. The van der Waals surface area contributed by atoms with Crippen molar-refractivity contribution in [1.29, 1.82) is 0 Å². The predicted molar refractivity (Wildman–Crippen MR) is 127 cm³/mol. The fourth-order valence-electron chi connectivity index (χ4n) is 1.73. The Morgan fingerprint density at radius 3 is 2.15 bits per heavy atom. The fraction of sp³-hybridized carbons (Fsp3) is 0.250. The van der Waals surface area contributed by atoms with E-state index in [9.17, 15) is 22.8 Å². The summed E-state index contributed by atoms with van der Waals surface area (Å²) in [5, 5.41) is 10.1. The number of hydrogen-bond acceptors (Lipinski definition) is 5. The van der Waals surface area contributed by atoms with Crippen molar-refractivity contribution in [2.75, 3.05) is 6.54 Å². The van der Waals surface area contributed by atoms with Crippen molar-refractivity contribution in [3.63, 3.8) is 0 Å². The Hall–Kier alpha value is -3.35. The van der Waals surface area contributed by atoms with Crippen molar-refractivity contribution < 1.29 is 32.6 Å². The largest absolute Gasteiger partial charge is 0.573 e. The molecule has 3 N–H and O–H groups in total. The van der Waals surface area contributed by atoms with Crippen LogP contribution in [0.3, 0.4) is 0 Å². The van der Waals surface area contributed by atoms with Crippen molar-refractivity contribution in [1.82, 2.24) is 0 Å². The van der Waals surface area contributed by atoms with Crippen LogP contribution in [-0.4, -0.2) is 30.3 Å². The van der Waals surface area contributed by atoms with Crippen LogP contribution in [0, 0.1) is 12.3 Å². The molecule has 0 aliphatic carbocycles. The highest BCUT2D eigenvalue weighted by atomic mass is 32.1. The first-order valence-corrected chi connectivity index (χ1v) is 10.4. The number of benzene rings is 1. The summed E-state index contributed by atoms with van der Waals surface area (Å²) in [5.74, 6) is 1.12. The lowest BCUT2D eigenvalue weighted by Crippen LogP contribution is -2.16. The zero-order valence-electron chi connectivity index (χ0n) is 18.8. The van der Waals surface area contributed by atoms with Crippen LogP contribution < -0.4 is 10.5 Å². The molecule has 0 amide bonds. The van der Waals surface area contributed by atoms with Gasteiger partial charge in [-0.2, -0.15) is 0 Å². The summed E-state index contributed by atoms with van der Waals surface area (Å²) >= 11 is 1.28. The van der Waals surface area contributed by atoms with Gasteiger partial charge in [-0.05, 0) is 62.0 Å². The highest BCUT2D eigenvalue weighted by molar-refractivity contribution is 7.12. The zero-order chi connectivity index (χ0) is 25.9. The van der Waals surface area contributed by atoms with E-state index in [4.69, 9.17) is 10.8 Å². The molecule has 9 heteroatoms. The number of rotatable bonds is 5. The molecule has 0 fully saturated rings. The van der Waals surface area contributed by atoms with Crippen LogP contribution in [-0.2, 0) is 4.79 Å². The van der Waals surface area contributed by atoms with Crippen LogP contribution in [0.4, 0.5) is 13.2 Å². The molecular weight excluding hydrogens is 455 g/mol. The summed E-state index contributed by atoms with van der Waals surface area (Å²) in [4.78, 5) is 21.2. The summed E-state index contributed by atoms with van der Waals surface area (Å²) in [6.07, 6.45) is 5.68. The normalized spacial score (nSPS) is 10.3. The van der Waals surface area contributed by atoms with Gasteiger partial charge in [0.25, 0.3) is 0 Å². The Labute approximate surface area is 196 Å². The van der Waals surface area contributed by atoms with Crippen molar-refractivity contribution in [3.05, 3.63) is 64.4 Å². The van der Waals surface area contributed by atoms with Gasteiger partial charge in [-0.3, -0.25) is 4.79 Å². The van der Waals surface area contributed by atoms with Crippen molar-refractivity contribution in [3.8, 4) is 29.2 Å². The number of carboxylic acids is 1. The van der Waals surface area contributed by atoms with Gasteiger partial charge < -0.3 is 15.6 Å². The molecule has 5 nitrogen and oxygen atoms in total. The van der Waals surface area contributed by atoms with E-state index < -0.39 is 12.3 Å². The highest BCUT2D eigenvalue weighted by Crippen LogP contribution is 2.28. The number of aldehydes is 1. The topological polar surface area (TPSA) is 89.6 Å². The molecule has 0 spiro atoms. The van der Waals surface area contributed by atoms with Gasteiger partial charge in [0.2, 0.25) is 0 Å². The lowest BCUT2D eigenvalue weighted by atomic mass is 10.1. The molecule has 1 aromatic carbocycles. The lowest BCUT2D eigenvalue weighted by Gasteiger charge is -2.08. The van der Waals surface area contributed by atoms with Gasteiger partial charge in [-0.1, -0.05) is 37.3 Å². The maximum atomic E-state index is 12.0. The minimum absolute atomic E-state index is 0.267. The summed E-state index contributed by atoms with van der Waals surface area (Å²) in [5.41, 5.74) is 6.72.